The fraction of sp³-hybridized carbons (Fsp3) is 0.500. The Hall–Kier alpha value is 0.0900. The molecule has 0 bridgehead atoms. The van der Waals surface area contributed by atoms with Crippen molar-refractivity contribution in [2.24, 2.45) is 5.92 Å². The molecule has 0 spiro atoms. The summed E-state index contributed by atoms with van der Waals surface area (Å²) >= 11 is 18.3. The van der Waals surface area contributed by atoms with Crippen molar-refractivity contribution in [1.29, 1.82) is 0 Å². The molecule has 1 aromatic rings. The molecular weight excluding hydrogens is 250 g/mol. The van der Waals surface area contributed by atoms with Crippen LogP contribution >= 0.6 is 34.8 Å². The van der Waals surface area contributed by atoms with E-state index >= 15 is 0 Å². The van der Waals surface area contributed by atoms with Crippen molar-refractivity contribution in [2.75, 3.05) is 0 Å². The van der Waals surface area contributed by atoms with Gasteiger partial charge in [0.05, 0.1) is 5.38 Å². The summed E-state index contributed by atoms with van der Waals surface area (Å²) in [4.78, 5) is 0. The number of hydrogen-bond donors (Lipinski definition) is 0. The molecule has 84 valence electrons. The largest absolute Gasteiger partial charge is 0.118 e. The highest BCUT2D eigenvalue weighted by Gasteiger charge is 2.12. The van der Waals surface area contributed by atoms with Crippen molar-refractivity contribution in [2.45, 2.75) is 32.1 Å². The van der Waals surface area contributed by atoms with Gasteiger partial charge in [-0.25, -0.2) is 0 Å². The van der Waals surface area contributed by atoms with Crippen molar-refractivity contribution in [3.8, 4) is 0 Å². The van der Waals surface area contributed by atoms with Crippen LogP contribution in [-0.2, 0) is 0 Å². The second kappa shape index (κ2) is 5.98. The molecule has 1 rings (SSSR count). The molecule has 0 saturated heterocycles. The summed E-state index contributed by atoms with van der Waals surface area (Å²) in [5.41, 5.74) is 0.937. The first kappa shape index (κ1) is 13.2. The van der Waals surface area contributed by atoms with Crippen LogP contribution in [-0.4, -0.2) is 0 Å². The lowest BCUT2D eigenvalue weighted by atomic mass is 10.0. The van der Waals surface area contributed by atoms with Gasteiger partial charge in [0.1, 0.15) is 0 Å². The third-order valence-corrected chi connectivity index (χ3v) is 3.33. The Bertz CT molecular complexity index is 321. The van der Waals surface area contributed by atoms with Crippen LogP contribution in [0.25, 0.3) is 0 Å². The Morgan fingerprint density at radius 1 is 1.13 bits per heavy atom. The second-order valence-electron chi connectivity index (χ2n) is 4.10. The van der Waals surface area contributed by atoms with Crippen molar-refractivity contribution < 1.29 is 0 Å². The molecule has 0 radical (unpaired) electrons. The van der Waals surface area contributed by atoms with Gasteiger partial charge in [-0.2, -0.15) is 0 Å². The zero-order valence-electron chi connectivity index (χ0n) is 8.93. The smallest absolute Gasteiger partial charge is 0.0600 e. The highest BCUT2D eigenvalue weighted by atomic mass is 35.5. The van der Waals surface area contributed by atoms with Crippen LogP contribution in [0.5, 0.6) is 0 Å². The SMILES string of the molecule is CC(C)CCC(Cl)c1cc(Cl)ccc1Cl. The maximum absolute atomic E-state index is 6.28. The van der Waals surface area contributed by atoms with Gasteiger partial charge in [-0.05, 0) is 42.5 Å². The summed E-state index contributed by atoms with van der Waals surface area (Å²) in [7, 11) is 0. The van der Waals surface area contributed by atoms with Gasteiger partial charge in [0.15, 0.2) is 0 Å². The highest BCUT2D eigenvalue weighted by Crippen LogP contribution is 2.34. The molecule has 1 atom stereocenters. The van der Waals surface area contributed by atoms with Gasteiger partial charge in [0.2, 0.25) is 0 Å². The van der Waals surface area contributed by atoms with E-state index in [1.165, 1.54) is 0 Å². The molecule has 0 aromatic heterocycles. The minimum atomic E-state index is -0.0430. The van der Waals surface area contributed by atoms with Gasteiger partial charge < -0.3 is 0 Å². The maximum atomic E-state index is 6.28. The minimum absolute atomic E-state index is 0.0430. The van der Waals surface area contributed by atoms with Crippen molar-refractivity contribution in [3.63, 3.8) is 0 Å². The Balaban J connectivity index is 2.72. The molecule has 1 unspecified atom stereocenters. The fourth-order valence-corrected chi connectivity index (χ4v) is 2.18. The topological polar surface area (TPSA) is 0 Å². The molecule has 15 heavy (non-hydrogen) atoms. The summed E-state index contributed by atoms with van der Waals surface area (Å²) in [6.07, 6.45) is 2.02. The summed E-state index contributed by atoms with van der Waals surface area (Å²) in [6, 6.07) is 5.42. The number of hydrogen-bond acceptors (Lipinski definition) is 0. The molecule has 1 aromatic carbocycles. The third kappa shape index (κ3) is 4.22. The fourth-order valence-electron chi connectivity index (χ4n) is 1.39. The molecule has 0 aliphatic heterocycles. The Labute approximate surface area is 107 Å². The molecule has 0 heterocycles. The Kier molecular flexibility index (Phi) is 5.25. The van der Waals surface area contributed by atoms with E-state index in [-0.39, 0.29) is 5.38 Å². The van der Waals surface area contributed by atoms with E-state index in [2.05, 4.69) is 13.8 Å². The lowest BCUT2D eigenvalue weighted by Crippen LogP contribution is -1.95. The molecule has 0 aliphatic carbocycles. The normalized spacial score (nSPS) is 13.2. The van der Waals surface area contributed by atoms with Gasteiger partial charge in [-0.1, -0.05) is 37.0 Å². The van der Waals surface area contributed by atoms with Crippen molar-refractivity contribution >= 4 is 34.8 Å². The number of benzene rings is 1. The quantitative estimate of drug-likeness (QED) is 0.612. The minimum Gasteiger partial charge on any atom is -0.118 e. The average molecular weight is 266 g/mol. The molecule has 0 nitrogen and oxygen atoms in total. The van der Waals surface area contributed by atoms with Gasteiger partial charge >= 0.3 is 0 Å². The summed E-state index contributed by atoms with van der Waals surface area (Å²) in [5.74, 6) is 0.657. The van der Waals surface area contributed by atoms with Gasteiger partial charge in [-0.15, -0.1) is 11.6 Å². The standard InChI is InChI=1S/C12H15Cl3/c1-8(2)3-5-11(14)10-7-9(13)4-6-12(10)15/h4,6-8,11H,3,5H2,1-2H3. The Morgan fingerprint density at radius 2 is 1.80 bits per heavy atom. The number of halogens is 3. The zero-order valence-corrected chi connectivity index (χ0v) is 11.2. The van der Waals surface area contributed by atoms with Crippen molar-refractivity contribution in [3.05, 3.63) is 33.8 Å². The average Bonchev–Trinajstić information content (AvgIpc) is 2.18. The third-order valence-electron chi connectivity index (χ3n) is 2.29. The summed E-state index contributed by atoms with van der Waals surface area (Å²) in [6.45, 7) is 4.37. The van der Waals surface area contributed by atoms with E-state index < -0.39 is 0 Å². The van der Waals surface area contributed by atoms with Gasteiger partial charge in [-0.3, -0.25) is 0 Å². The predicted molar refractivity (Wildman–Crippen MR) is 69.1 cm³/mol. The highest BCUT2D eigenvalue weighted by molar-refractivity contribution is 6.34. The lowest BCUT2D eigenvalue weighted by molar-refractivity contribution is 0.549. The molecule has 0 amide bonds. The second-order valence-corrected chi connectivity index (χ2v) is 5.48. The van der Waals surface area contributed by atoms with E-state index in [1.54, 1.807) is 12.1 Å². The van der Waals surface area contributed by atoms with E-state index in [4.69, 9.17) is 34.8 Å². The molecule has 3 heteroatoms. The first-order valence-corrected chi connectivity index (χ1v) is 6.29. The molecular formula is C12H15Cl3. The maximum Gasteiger partial charge on any atom is 0.0600 e. The van der Waals surface area contributed by atoms with Crippen LogP contribution in [0.4, 0.5) is 0 Å². The summed E-state index contributed by atoms with van der Waals surface area (Å²) in [5, 5.41) is 1.34. The summed E-state index contributed by atoms with van der Waals surface area (Å²) < 4.78 is 0. The van der Waals surface area contributed by atoms with Crippen LogP contribution < -0.4 is 0 Å². The molecule has 0 fully saturated rings. The lowest BCUT2D eigenvalue weighted by Gasteiger charge is -2.13. The predicted octanol–water partition coefficient (Wildman–Crippen LogP) is 5.71. The first-order chi connectivity index (χ1) is 7.00. The van der Waals surface area contributed by atoms with E-state index in [0.717, 1.165) is 18.4 Å². The molecule has 0 N–H and O–H groups in total. The van der Waals surface area contributed by atoms with E-state index in [0.29, 0.717) is 16.0 Å². The van der Waals surface area contributed by atoms with Crippen molar-refractivity contribution in [1.82, 2.24) is 0 Å². The van der Waals surface area contributed by atoms with Crippen LogP contribution in [0, 0.1) is 5.92 Å². The van der Waals surface area contributed by atoms with Crippen LogP contribution in [0.15, 0.2) is 18.2 Å². The van der Waals surface area contributed by atoms with Crippen LogP contribution in [0.2, 0.25) is 10.0 Å². The number of alkyl halides is 1. The van der Waals surface area contributed by atoms with Crippen LogP contribution in [0.3, 0.4) is 0 Å². The van der Waals surface area contributed by atoms with Crippen LogP contribution in [0.1, 0.15) is 37.6 Å². The Morgan fingerprint density at radius 3 is 2.40 bits per heavy atom. The van der Waals surface area contributed by atoms with E-state index in [9.17, 15) is 0 Å². The molecule has 0 saturated carbocycles. The monoisotopic (exact) mass is 264 g/mol. The first-order valence-electron chi connectivity index (χ1n) is 5.09. The zero-order chi connectivity index (χ0) is 11.4. The molecule has 0 aliphatic rings. The van der Waals surface area contributed by atoms with Gasteiger partial charge in [0, 0.05) is 10.0 Å². The van der Waals surface area contributed by atoms with Gasteiger partial charge in [0.25, 0.3) is 0 Å². The number of rotatable bonds is 4. The van der Waals surface area contributed by atoms with E-state index in [1.807, 2.05) is 6.07 Å².